The molecular formula is C21H28N2O2. The first-order valence-electron chi connectivity index (χ1n) is 9.84. The van der Waals surface area contributed by atoms with E-state index < -0.39 is 0 Å². The summed E-state index contributed by atoms with van der Waals surface area (Å²) in [5, 5.41) is 0. The summed E-state index contributed by atoms with van der Waals surface area (Å²) in [6, 6.07) is 10.2. The summed E-state index contributed by atoms with van der Waals surface area (Å²) in [6.45, 7) is 2.77. The van der Waals surface area contributed by atoms with Gasteiger partial charge >= 0.3 is 0 Å². The fourth-order valence-electron chi connectivity index (χ4n) is 4.55. The van der Waals surface area contributed by atoms with E-state index >= 15 is 0 Å². The number of carbonyl (C=O) groups excluding carboxylic acids is 2. The lowest BCUT2D eigenvalue weighted by atomic mass is 9.88. The number of nitrogens with zero attached hydrogens (tertiary/aromatic N) is 2. The van der Waals surface area contributed by atoms with Crippen molar-refractivity contribution in [3.8, 4) is 0 Å². The van der Waals surface area contributed by atoms with Gasteiger partial charge < -0.3 is 9.80 Å². The van der Waals surface area contributed by atoms with Crippen LogP contribution in [0.15, 0.2) is 30.3 Å². The largest absolute Gasteiger partial charge is 0.339 e. The van der Waals surface area contributed by atoms with Gasteiger partial charge in [0.05, 0.1) is 5.41 Å². The van der Waals surface area contributed by atoms with Crippen molar-refractivity contribution in [1.82, 2.24) is 9.80 Å². The van der Waals surface area contributed by atoms with Crippen LogP contribution in [-0.4, -0.2) is 47.8 Å². The number of hydrogen-bond donors (Lipinski definition) is 0. The molecule has 2 saturated carbocycles. The Hall–Kier alpha value is -1.84. The monoisotopic (exact) mass is 340 g/mol. The van der Waals surface area contributed by atoms with Crippen LogP contribution >= 0.6 is 0 Å². The Morgan fingerprint density at radius 1 is 0.840 bits per heavy atom. The number of amides is 2. The van der Waals surface area contributed by atoms with Crippen LogP contribution in [0.5, 0.6) is 0 Å². The van der Waals surface area contributed by atoms with Crippen molar-refractivity contribution in [2.45, 2.75) is 50.4 Å². The van der Waals surface area contributed by atoms with E-state index in [1.54, 1.807) is 0 Å². The molecule has 0 radical (unpaired) electrons. The molecule has 1 aromatic carbocycles. The molecule has 0 N–H and O–H groups in total. The highest BCUT2D eigenvalue weighted by Crippen LogP contribution is 2.49. The molecule has 4 nitrogen and oxygen atoms in total. The van der Waals surface area contributed by atoms with Gasteiger partial charge in [-0.2, -0.15) is 0 Å². The average Bonchev–Trinajstić information content (AvgIpc) is 3.50. The van der Waals surface area contributed by atoms with Crippen LogP contribution in [0.4, 0.5) is 0 Å². The van der Waals surface area contributed by atoms with Crippen molar-refractivity contribution in [1.29, 1.82) is 0 Å². The lowest BCUT2D eigenvalue weighted by Gasteiger charge is -2.38. The minimum atomic E-state index is -0.281. The number of rotatable bonds is 3. The lowest BCUT2D eigenvalue weighted by Crippen LogP contribution is -2.54. The standard InChI is InChI=1S/C21H28N2O2/c24-19(17-7-3-1-4-8-17)22-13-15-23(16-14-22)20(25)21(11-12-21)18-9-5-2-6-10-18/h2,5-6,9-10,17H,1,3-4,7-8,11-16H2. The van der Waals surface area contributed by atoms with Gasteiger partial charge in [0.2, 0.25) is 11.8 Å². The van der Waals surface area contributed by atoms with Gasteiger partial charge in [0.25, 0.3) is 0 Å². The molecular weight excluding hydrogens is 312 g/mol. The molecule has 4 rings (SSSR count). The second-order valence-corrected chi connectivity index (χ2v) is 7.90. The lowest BCUT2D eigenvalue weighted by molar-refractivity contribution is -0.144. The number of carbonyl (C=O) groups is 2. The summed E-state index contributed by atoms with van der Waals surface area (Å²) in [6.07, 6.45) is 7.66. The summed E-state index contributed by atoms with van der Waals surface area (Å²) in [4.78, 5) is 29.8. The maximum absolute atomic E-state index is 13.1. The highest BCUT2D eigenvalue weighted by Gasteiger charge is 2.53. The minimum Gasteiger partial charge on any atom is -0.339 e. The van der Waals surface area contributed by atoms with E-state index in [4.69, 9.17) is 0 Å². The highest BCUT2D eigenvalue weighted by atomic mass is 16.2. The molecule has 2 amide bonds. The first-order chi connectivity index (χ1) is 12.2. The van der Waals surface area contributed by atoms with Crippen LogP contribution < -0.4 is 0 Å². The smallest absolute Gasteiger partial charge is 0.233 e. The topological polar surface area (TPSA) is 40.6 Å². The molecule has 1 saturated heterocycles. The van der Waals surface area contributed by atoms with Gasteiger partial charge in [-0.1, -0.05) is 49.6 Å². The number of hydrogen-bond acceptors (Lipinski definition) is 2. The SMILES string of the molecule is O=C(C1CCCCC1)N1CCN(C(=O)C2(c3ccccc3)CC2)CC1. The average molecular weight is 340 g/mol. The molecule has 3 aliphatic rings. The molecule has 1 heterocycles. The van der Waals surface area contributed by atoms with E-state index in [1.807, 2.05) is 28.0 Å². The fourth-order valence-corrected chi connectivity index (χ4v) is 4.55. The van der Waals surface area contributed by atoms with E-state index in [9.17, 15) is 9.59 Å². The van der Waals surface area contributed by atoms with Gasteiger partial charge in [0, 0.05) is 32.1 Å². The van der Waals surface area contributed by atoms with Crippen molar-refractivity contribution < 1.29 is 9.59 Å². The fraction of sp³-hybridized carbons (Fsp3) is 0.619. The molecule has 25 heavy (non-hydrogen) atoms. The normalized spacial score (nSPS) is 23.4. The summed E-state index contributed by atoms with van der Waals surface area (Å²) >= 11 is 0. The molecule has 1 aliphatic heterocycles. The minimum absolute atomic E-state index is 0.232. The van der Waals surface area contributed by atoms with E-state index in [0.717, 1.165) is 31.2 Å². The third kappa shape index (κ3) is 3.19. The second-order valence-electron chi connectivity index (χ2n) is 7.90. The Morgan fingerprint density at radius 3 is 2.04 bits per heavy atom. The molecule has 0 aromatic heterocycles. The molecule has 0 bridgehead atoms. The van der Waals surface area contributed by atoms with Crippen LogP contribution in [0.25, 0.3) is 0 Å². The van der Waals surface area contributed by atoms with Gasteiger partial charge in [-0.05, 0) is 31.2 Å². The molecule has 2 aliphatic carbocycles. The Labute approximate surface area is 150 Å². The second kappa shape index (κ2) is 6.81. The molecule has 134 valence electrons. The number of benzene rings is 1. The summed E-state index contributed by atoms with van der Waals surface area (Å²) < 4.78 is 0. The molecule has 0 atom stereocenters. The van der Waals surface area contributed by atoms with Crippen molar-refractivity contribution in [3.05, 3.63) is 35.9 Å². The van der Waals surface area contributed by atoms with Gasteiger partial charge in [-0.15, -0.1) is 0 Å². The first-order valence-corrected chi connectivity index (χ1v) is 9.84. The van der Waals surface area contributed by atoms with Gasteiger partial charge in [-0.3, -0.25) is 9.59 Å². The van der Waals surface area contributed by atoms with Crippen molar-refractivity contribution in [3.63, 3.8) is 0 Å². The Bertz CT molecular complexity index is 625. The van der Waals surface area contributed by atoms with Crippen molar-refractivity contribution >= 4 is 11.8 Å². The van der Waals surface area contributed by atoms with E-state index in [-0.39, 0.29) is 17.2 Å². The third-order valence-electron chi connectivity index (χ3n) is 6.32. The zero-order chi connectivity index (χ0) is 17.3. The van der Waals surface area contributed by atoms with Crippen molar-refractivity contribution in [2.75, 3.05) is 26.2 Å². The summed E-state index contributed by atoms with van der Waals surface area (Å²) in [5.74, 6) is 0.828. The number of piperazine rings is 1. The summed E-state index contributed by atoms with van der Waals surface area (Å²) in [7, 11) is 0. The van der Waals surface area contributed by atoms with Crippen LogP contribution in [0, 0.1) is 5.92 Å². The summed E-state index contributed by atoms with van der Waals surface area (Å²) in [5.41, 5.74) is 0.872. The van der Waals surface area contributed by atoms with E-state index in [2.05, 4.69) is 12.1 Å². The van der Waals surface area contributed by atoms with Crippen LogP contribution in [0.3, 0.4) is 0 Å². The third-order valence-corrected chi connectivity index (χ3v) is 6.32. The molecule has 0 unspecified atom stereocenters. The van der Waals surface area contributed by atoms with Crippen LogP contribution in [0.2, 0.25) is 0 Å². The molecule has 0 spiro atoms. The zero-order valence-electron chi connectivity index (χ0n) is 15.0. The van der Waals surface area contributed by atoms with Gasteiger partial charge in [0.1, 0.15) is 0 Å². The van der Waals surface area contributed by atoms with Crippen molar-refractivity contribution in [2.24, 2.45) is 5.92 Å². The molecule has 4 heteroatoms. The molecule has 3 fully saturated rings. The predicted molar refractivity (Wildman–Crippen MR) is 97.1 cm³/mol. The molecule has 1 aromatic rings. The first kappa shape index (κ1) is 16.6. The zero-order valence-corrected chi connectivity index (χ0v) is 15.0. The van der Waals surface area contributed by atoms with Gasteiger partial charge in [0.15, 0.2) is 0 Å². The van der Waals surface area contributed by atoms with E-state index in [1.165, 1.54) is 19.3 Å². The quantitative estimate of drug-likeness (QED) is 0.849. The predicted octanol–water partition coefficient (Wildman–Crippen LogP) is 2.97. The Balaban J connectivity index is 1.36. The van der Waals surface area contributed by atoms with Gasteiger partial charge in [-0.25, -0.2) is 0 Å². The van der Waals surface area contributed by atoms with Crippen LogP contribution in [0.1, 0.15) is 50.5 Å². The maximum atomic E-state index is 13.1. The highest BCUT2D eigenvalue weighted by molar-refractivity contribution is 5.91. The Kier molecular flexibility index (Phi) is 4.53. The Morgan fingerprint density at radius 2 is 1.44 bits per heavy atom. The maximum Gasteiger partial charge on any atom is 0.233 e. The van der Waals surface area contributed by atoms with Crippen LogP contribution in [-0.2, 0) is 15.0 Å². The van der Waals surface area contributed by atoms with E-state index in [0.29, 0.717) is 32.1 Å².